The summed E-state index contributed by atoms with van der Waals surface area (Å²) in [6.45, 7) is 16.7. The fraction of sp³-hybridized carbons (Fsp3) is 0.513. The smallest absolute Gasteiger partial charge is 0.190 e. The number of aliphatic hydroxyl groups is 1. The van der Waals surface area contributed by atoms with Gasteiger partial charge in [-0.3, -0.25) is 24.0 Å². The molecule has 46 heavy (non-hydrogen) atoms. The number of Topliss-reactive ketones (excluding diaryl/α,β-unsaturated/α-hetero) is 5. The van der Waals surface area contributed by atoms with Gasteiger partial charge in [-0.15, -0.1) is 0 Å². The van der Waals surface area contributed by atoms with Crippen LogP contribution in [0.15, 0.2) is 43.0 Å². The molecule has 3 unspecified atom stereocenters. The van der Waals surface area contributed by atoms with E-state index in [9.17, 15) is 34.2 Å². The number of phenolic OH excluding ortho intramolecular Hbond substituents is 1. The quantitative estimate of drug-likeness (QED) is 0.316. The first-order chi connectivity index (χ1) is 21.4. The summed E-state index contributed by atoms with van der Waals surface area (Å²) in [5.41, 5.74) is -1.08. The second kappa shape index (κ2) is 11.5. The Morgan fingerprint density at radius 2 is 1.61 bits per heavy atom. The highest BCUT2D eigenvalue weighted by atomic mass is 16.3. The van der Waals surface area contributed by atoms with Crippen molar-refractivity contribution in [2.75, 3.05) is 0 Å². The van der Waals surface area contributed by atoms with E-state index in [1.54, 1.807) is 33.8 Å². The predicted molar refractivity (Wildman–Crippen MR) is 176 cm³/mol. The molecule has 0 radical (unpaired) electrons. The number of phenols is 1. The van der Waals surface area contributed by atoms with Gasteiger partial charge >= 0.3 is 0 Å². The van der Waals surface area contributed by atoms with Gasteiger partial charge in [-0.2, -0.15) is 0 Å². The van der Waals surface area contributed by atoms with Crippen LogP contribution < -0.4 is 0 Å². The van der Waals surface area contributed by atoms with Gasteiger partial charge in [-0.1, -0.05) is 84.9 Å². The highest BCUT2D eigenvalue weighted by Gasteiger charge is 2.76. The fourth-order valence-electron chi connectivity index (χ4n) is 9.16. The van der Waals surface area contributed by atoms with Crippen LogP contribution in [0, 0.1) is 40.4 Å². The maximum absolute atomic E-state index is 14.5. The van der Waals surface area contributed by atoms with Crippen LogP contribution in [0.1, 0.15) is 95.6 Å². The van der Waals surface area contributed by atoms with E-state index in [0.29, 0.717) is 11.5 Å². The first-order valence-corrected chi connectivity index (χ1v) is 16.4. The number of allylic oxidation sites excluding steroid dienone is 1. The minimum absolute atomic E-state index is 0.00515. The van der Waals surface area contributed by atoms with E-state index in [0.717, 1.165) is 48.4 Å². The van der Waals surface area contributed by atoms with Gasteiger partial charge in [-0.05, 0) is 83.8 Å². The summed E-state index contributed by atoms with van der Waals surface area (Å²) in [6.07, 6.45) is 3.30. The number of hydrogen-bond donors (Lipinski definition) is 2. The SMILES string of the molecule is C=C(CCCC(C)C)c1ccc(-c2ccc(O)c3c2C[C@]2(C)C[C@]4(C)C(C(C)C)C(=O)C(C(C)=O)C(=O)[C@]4(O)C(=O)C2C3=O)cc1. The summed E-state index contributed by atoms with van der Waals surface area (Å²) < 4.78 is 0. The van der Waals surface area contributed by atoms with E-state index >= 15 is 0 Å². The van der Waals surface area contributed by atoms with Gasteiger partial charge in [0.1, 0.15) is 17.5 Å². The standard InChI is InChI=1S/C39H46O7/c1-20(2)10-9-11-22(5)24-12-14-25(15-13-24)26-16-17-28(41)30-27(26)18-37(7)19-38(8)31(21(3)4)33(42)29(23(6)40)35(44)39(38,46)36(45)32(37)34(30)43/h12-17,20-21,29,31-32,41,46H,5,9-11,18-19H2,1-4,6-8H3/t29?,31?,32?,37-,38-,39+/m1/s1. The molecule has 2 aromatic rings. The molecule has 5 rings (SSSR count). The molecular formula is C39H46O7. The number of ketones is 5. The van der Waals surface area contributed by atoms with Gasteiger partial charge in [0, 0.05) is 11.3 Å². The molecule has 0 saturated heterocycles. The Labute approximate surface area is 271 Å². The number of carbonyl (C=O) groups is 5. The van der Waals surface area contributed by atoms with Crippen molar-refractivity contribution in [2.45, 2.75) is 86.2 Å². The molecule has 2 fully saturated rings. The van der Waals surface area contributed by atoms with Crippen LogP contribution in [0.2, 0.25) is 0 Å². The number of aromatic hydroxyl groups is 1. The highest BCUT2D eigenvalue weighted by Crippen LogP contribution is 2.64. The number of hydrogen-bond acceptors (Lipinski definition) is 7. The van der Waals surface area contributed by atoms with Crippen LogP contribution in [-0.4, -0.2) is 44.7 Å². The van der Waals surface area contributed by atoms with E-state index < -0.39 is 69.0 Å². The normalized spacial score (nSPS) is 30.7. The molecule has 0 amide bonds. The summed E-state index contributed by atoms with van der Waals surface area (Å²) in [5.74, 6) is -8.31. The van der Waals surface area contributed by atoms with Gasteiger partial charge in [0.15, 0.2) is 28.7 Å². The average molecular weight is 627 g/mol. The van der Waals surface area contributed by atoms with Gasteiger partial charge in [0.05, 0.1) is 11.5 Å². The van der Waals surface area contributed by atoms with Crippen LogP contribution in [0.4, 0.5) is 0 Å². The van der Waals surface area contributed by atoms with Gasteiger partial charge in [0.2, 0.25) is 0 Å². The Morgan fingerprint density at radius 1 is 0.978 bits per heavy atom. The predicted octanol–water partition coefficient (Wildman–Crippen LogP) is 6.60. The van der Waals surface area contributed by atoms with E-state index in [1.165, 1.54) is 6.07 Å². The summed E-state index contributed by atoms with van der Waals surface area (Å²) in [5, 5.41) is 23.2. The molecule has 0 aliphatic heterocycles. The molecule has 244 valence electrons. The average Bonchev–Trinajstić information content (AvgIpc) is 2.94. The summed E-state index contributed by atoms with van der Waals surface area (Å²) >= 11 is 0. The van der Waals surface area contributed by atoms with Crippen LogP contribution in [-0.2, 0) is 25.6 Å². The molecule has 2 saturated carbocycles. The van der Waals surface area contributed by atoms with Crippen molar-refractivity contribution < 1.29 is 34.2 Å². The maximum atomic E-state index is 14.5. The maximum Gasteiger partial charge on any atom is 0.190 e. The number of carbonyl (C=O) groups excluding carboxylic acids is 5. The highest BCUT2D eigenvalue weighted by molar-refractivity contribution is 6.32. The Bertz CT molecular complexity index is 1660. The summed E-state index contributed by atoms with van der Waals surface area (Å²) in [7, 11) is 0. The van der Waals surface area contributed by atoms with Crippen LogP contribution in [0.5, 0.6) is 5.75 Å². The third kappa shape index (κ3) is 4.85. The molecule has 0 aromatic heterocycles. The van der Waals surface area contributed by atoms with Crippen molar-refractivity contribution in [3.05, 3.63) is 59.7 Å². The van der Waals surface area contributed by atoms with E-state index in [2.05, 4.69) is 20.4 Å². The van der Waals surface area contributed by atoms with E-state index in [1.807, 2.05) is 24.3 Å². The zero-order chi connectivity index (χ0) is 34.1. The summed E-state index contributed by atoms with van der Waals surface area (Å²) in [4.78, 5) is 68.9. The Kier molecular flexibility index (Phi) is 8.42. The van der Waals surface area contributed by atoms with Crippen molar-refractivity contribution in [2.24, 2.45) is 40.4 Å². The zero-order valence-electron chi connectivity index (χ0n) is 28.0. The molecule has 2 N–H and O–H groups in total. The van der Waals surface area contributed by atoms with Crippen LogP contribution in [0.25, 0.3) is 16.7 Å². The van der Waals surface area contributed by atoms with E-state index in [-0.39, 0.29) is 24.2 Å². The third-order valence-electron chi connectivity index (χ3n) is 11.1. The number of rotatable bonds is 8. The second-order valence-electron chi connectivity index (χ2n) is 15.3. The van der Waals surface area contributed by atoms with Crippen LogP contribution in [0.3, 0.4) is 0 Å². The van der Waals surface area contributed by atoms with Crippen molar-refractivity contribution in [1.29, 1.82) is 0 Å². The zero-order valence-corrected chi connectivity index (χ0v) is 28.0. The largest absolute Gasteiger partial charge is 0.507 e. The lowest BCUT2D eigenvalue weighted by Crippen LogP contribution is -2.76. The molecule has 0 heterocycles. The molecule has 2 aromatic carbocycles. The van der Waals surface area contributed by atoms with Crippen molar-refractivity contribution >= 4 is 34.5 Å². The number of benzene rings is 2. The first-order valence-electron chi connectivity index (χ1n) is 16.4. The van der Waals surface area contributed by atoms with Crippen molar-refractivity contribution in [3.63, 3.8) is 0 Å². The topological polar surface area (TPSA) is 126 Å². The minimum atomic E-state index is -2.70. The lowest BCUT2D eigenvalue weighted by Gasteiger charge is -2.61. The Hall–Kier alpha value is -3.71. The molecule has 3 aliphatic rings. The monoisotopic (exact) mass is 626 g/mol. The van der Waals surface area contributed by atoms with E-state index in [4.69, 9.17) is 0 Å². The van der Waals surface area contributed by atoms with Crippen molar-refractivity contribution in [3.8, 4) is 16.9 Å². The minimum Gasteiger partial charge on any atom is -0.507 e. The van der Waals surface area contributed by atoms with Gasteiger partial charge in [-0.25, -0.2) is 0 Å². The second-order valence-corrected chi connectivity index (χ2v) is 15.3. The molecule has 7 nitrogen and oxygen atoms in total. The first kappa shape index (κ1) is 33.6. The molecule has 3 aliphatic carbocycles. The lowest BCUT2D eigenvalue weighted by atomic mass is 9.40. The number of fused-ring (bicyclic) bond motifs is 3. The van der Waals surface area contributed by atoms with Crippen LogP contribution >= 0.6 is 0 Å². The van der Waals surface area contributed by atoms with Gasteiger partial charge < -0.3 is 10.2 Å². The summed E-state index contributed by atoms with van der Waals surface area (Å²) in [6, 6.07) is 11.1. The van der Waals surface area contributed by atoms with Gasteiger partial charge in [0.25, 0.3) is 0 Å². The molecule has 0 bridgehead atoms. The Balaban J connectivity index is 1.60. The third-order valence-corrected chi connectivity index (χ3v) is 11.1. The molecular weight excluding hydrogens is 580 g/mol. The molecule has 0 spiro atoms. The van der Waals surface area contributed by atoms with Crippen molar-refractivity contribution in [1.82, 2.24) is 0 Å². The Morgan fingerprint density at radius 3 is 2.17 bits per heavy atom. The fourth-order valence-corrected chi connectivity index (χ4v) is 9.16. The lowest BCUT2D eigenvalue weighted by molar-refractivity contribution is -0.205. The molecule has 7 heteroatoms. The molecule has 6 atom stereocenters.